The summed E-state index contributed by atoms with van der Waals surface area (Å²) in [5, 5.41) is 8.29. The average Bonchev–Trinajstić information content (AvgIpc) is 2.24. The van der Waals surface area contributed by atoms with Crippen LogP contribution in [0.1, 0.15) is 11.1 Å². The van der Waals surface area contributed by atoms with Gasteiger partial charge >= 0.3 is 5.97 Å². The van der Waals surface area contributed by atoms with Gasteiger partial charge in [0.05, 0.1) is 0 Å². The zero-order valence-electron chi connectivity index (χ0n) is 10.2. The van der Waals surface area contributed by atoms with Crippen molar-refractivity contribution >= 4 is 11.9 Å². The number of aryl methyl sites for hydroxylation is 2. The van der Waals surface area contributed by atoms with Crippen molar-refractivity contribution in [3.63, 3.8) is 0 Å². The Balaban J connectivity index is 2.35. The van der Waals surface area contributed by atoms with Crippen LogP contribution in [-0.4, -0.2) is 30.2 Å². The molecule has 0 saturated heterocycles. The number of carbonyl (C=O) groups is 2. The van der Waals surface area contributed by atoms with Crippen molar-refractivity contribution in [2.24, 2.45) is 0 Å². The molecule has 0 atom stereocenters. The lowest BCUT2D eigenvalue weighted by molar-refractivity contribution is -0.149. The Morgan fingerprint density at radius 3 is 2.33 bits per heavy atom. The third kappa shape index (κ3) is 5.31. The van der Waals surface area contributed by atoms with Crippen LogP contribution in [0, 0.1) is 13.8 Å². The van der Waals surface area contributed by atoms with Gasteiger partial charge < -0.3 is 9.84 Å². The monoisotopic (exact) mass is 253 g/mol. The molecule has 0 heterocycles. The van der Waals surface area contributed by atoms with E-state index in [9.17, 15) is 9.59 Å². The molecule has 0 radical (unpaired) electrons. The molecule has 6 nitrogen and oxygen atoms in total. The fourth-order valence-corrected chi connectivity index (χ4v) is 1.37. The molecule has 0 saturated carbocycles. The largest absolute Gasteiger partial charge is 0.484 e. The maximum Gasteiger partial charge on any atom is 0.332 e. The summed E-state index contributed by atoms with van der Waals surface area (Å²) < 4.78 is 5.25. The number of nitrogens with one attached hydrogen (secondary N) is 1. The molecule has 0 unspecified atom stereocenters. The lowest BCUT2D eigenvalue weighted by Gasteiger charge is -2.08. The minimum atomic E-state index is -1.16. The van der Waals surface area contributed by atoms with Gasteiger partial charge in [-0.25, -0.2) is 10.3 Å². The molecule has 0 aromatic heterocycles. The zero-order valence-corrected chi connectivity index (χ0v) is 10.2. The van der Waals surface area contributed by atoms with Crippen molar-refractivity contribution in [1.82, 2.24) is 5.48 Å². The number of hydroxylamine groups is 1. The van der Waals surface area contributed by atoms with E-state index < -0.39 is 18.5 Å². The molecule has 0 fully saturated rings. The Kier molecular flexibility index (Phi) is 5.13. The first-order chi connectivity index (χ1) is 8.47. The molecule has 18 heavy (non-hydrogen) atoms. The van der Waals surface area contributed by atoms with E-state index in [0.717, 1.165) is 11.1 Å². The molecule has 1 aromatic carbocycles. The van der Waals surface area contributed by atoms with Crippen LogP contribution in [-0.2, 0) is 14.4 Å². The molecule has 0 aliphatic heterocycles. The number of aliphatic carboxylic acids is 1. The van der Waals surface area contributed by atoms with E-state index in [1.165, 1.54) is 0 Å². The maximum absolute atomic E-state index is 11.2. The van der Waals surface area contributed by atoms with Gasteiger partial charge in [0.15, 0.2) is 13.2 Å². The van der Waals surface area contributed by atoms with Crippen molar-refractivity contribution in [3.05, 3.63) is 29.3 Å². The Morgan fingerprint density at radius 2 is 1.78 bits per heavy atom. The third-order valence-electron chi connectivity index (χ3n) is 1.95. The smallest absolute Gasteiger partial charge is 0.332 e. The second-order valence-electron chi connectivity index (χ2n) is 3.82. The fourth-order valence-electron chi connectivity index (χ4n) is 1.37. The van der Waals surface area contributed by atoms with Crippen LogP contribution in [0.2, 0.25) is 0 Å². The standard InChI is InChI=1S/C12H15NO5/c1-8-3-9(2)5-10(4-8)17-6-11(14)13-18-7-12(15)16/h3-5H,6-7H2,1-2H3,(H,13,14)(H,15,16). The molecule has 1 amide bonds. The molecule has 1 rings (SSSR count). The Morgan fingerprint density at radius 1 is 1.17 bits per heavy atom. The number of carbonyl (C=O) groups excluding carboxylic acids is 1. The Bertz CT molecular complexity index is 424. The van der Waals surface area contributed by atoms with Crippen LogP contribution in [0.15, 0.2) is 18.2 Å². The lowest BCUT2D eigenvalue weighted by atomic mass is 10.1. The maximum atomic E-state index is 11.2. The second-order valence-corrected chi connectivity index (χ2v) is 3.82. The number of benzene rings is 1. The number of ether oxygens (including phenoxy) is 1. The van der Waals surface area contributed by atoms with Gasteiger partial charge in [0.1, 0.15) is 5.75 Å². The SMILES string of the molecule is Cc1cc(C)cc(OCC(=O)NOCC(=O)O)c1. The van der Waals surface area contributed by atoms with Crippen LogP contribution in [0.3, 0.4) is 0 Å². The van der Waals surface area contributed by atoms with E-state index in [-0.39, 0.29) is 6.61 Å². The first-order valence-electron chi connectivity index (χ1n) is 5.31. The predicted octanol–water partition coefficient (Wildman–Crippen LogP) is 0.815. The quantitative estimate of drug-likeness (QED) is 0.733. The number of amides is 1. The van der Waals surface area contributed by atoms with Gasteiger partial charge in [-0.2, -0.15) is 0 Å². The van der Waals surface area contributed by atoms with Crippen LogP contribution in [0.4, 0.5) is 0 Å². The first kappa shape index (κ1) is 14.0. The minimum absolute atomic E-state index is 0.234. The van der Waals surface area contributed by atoms with Gasteiger partial charge in [-0.1, -0.05) is 6.07 Å². The normalized spacial score (nSPS) is 9.89. The number of carboxylic acid groups (broad SMARTS) is 1. The van der Waals surface area contributed by atoms with Crippen molar-refractivity contribution in [2.45, 2.75) is 13.8 Å². The highest BCUT2D eigenvalue weighted by atomic mass is 16.7. The molecule has 0 aliphatic carbocycles. The summed E-state index contributed by atoms with van der Waals surface area (Å²) >= 11 is 0. The summed E-state index contributed by atoms with van der Waals surface area (Å²) in [6.45, 7) is 3.03. The summed E-state index contributed by atoms with van der Waals surface area (Å²) in [6.07, 6.45) is 0. The summed E-state index contributed by atoms with van der Waals surface area (Å²) in [7, 11) is 0. The Labute approximate surface area is 104 Å². The van der Waals surface area contributed by atoms with E-state index in [2.05, 4.69) is 4.84 Å². The van der Waals surface area contributed by atoms with E-state index in [1.54, 1.807) is 12.1 Å². The third-order valence-corrected chi connectivity index (χ3v) is 1.95. The van der Waals surface area contributed by atoms with Crippen LogP contribution < -0.4 is 10.2 Å². The van der Waals surface area contributed by atoms with Crippen molar-refractivity contribution < 1.29 is 24.3 Å². The highest BCUT2D eigenvalue weighted by molar-refractivity contribution is 5.76. The molecule has 0 spiro atoms. The molecular weight excluding hydrogens is 238 g/mol. The number of rotatable bonds is 6. The van der Waals surface area contributed by atoms with Gasteiger partial charge in [-0.05, 0) is 37.1 Å². The zero-order chi connectivity index (χ0) is 13.5. The molecule has 0 bridgehead atoms. The van der Waals surface area contributed by atoms with Gasteiger partial charge in [0.25, 0.3) is 5.91 Å². The number of hydrogen-bond donors (Lipinski definition) is 2. The summed E-state index contributed by atoms with van der Waals surface area (Å²) in [5.41, 5.74) is 4.04. The topological polar surface area (TPSA) is 84.9 Å². The molecule has 2 N–H and O–H groups in total. The molecule has 6 heteroatoms. The summed E-state index contributed by atoms with van der Waals surface area (Å²) in [6, 6.07) is 5.60. The highest BCUT2D eigenvalue weighted by Gasteiger charge is 2.05. The molecule has 0 aliphatic rings. The summed E-state index contributed by atoms with van der Waals surface area (Å²) in [5.74, 6) is -1.12. The van der Waals surface area contributed by atoms with Gasteiger partial charge in [-0.15, -0.1) is 0 Å². The molecular formula is C12H15NO5. The van der Waals surface area contributed by atoms with Crippen molar-refractivity contribution in [2.75, 3.05) is 13.2 Å². The minimum Gasteiger partial charge on any atom is -0.484 e. The van der Waals surface area contributed by atoms with Crippen LogP contribution in [0.5, 0.6) is 5.75 Å². The van der Waals surface area contributed by atoms with Gasteiger partial charge in [0, 0.05) is 0 Å². The first-order valence-corrected chi connectivity index (χ1v) is 5.31. The fraction of sp³-hybridized carbons (Fsp3) is 0.333. The van der Waals surface area contributed by atoms with Crippen molar-refractivity contribution in [3.8, 4) is 5.75 Å². The number of hydrogen-bond acceptors (Lipinski definition) is 4. The van der Waals surface area contributed by atoms with Crippen LogP contribution >= 0.6 is 0 Å². The van der Waals surface area contributed by atoms with Crippen molar-refractivity contribution in [1.29, 1.82) is 0 Å². The van der Waals surface area contributed by atoms with Crippen LogP contribution in [0.25, 0.3) is 0 Å². The number of carboxylic acids is 1. The van der Waals surface area contributed by atoms with E-state index in [0.29, 0.717) is 5.75 Å². The van der Waals surface area contributed by atoms with E-state index in [1.807, 2.05) is 25.4 Å². The summed E-state index contributed by atoms with van der Waals surface area (Å²) in [4.78, 5) is 25.8. The van der Waals surface area contributed by atoms with Gasteiger partial charge in [-0.3, -0.25) is 9.63 Å². The molecule has 1 aromatic rings. The molecule has 98 valence electrons. The highest BCUT2D eigenvalue weighted by Crippen LogP contribution is 2.15. The van der Waals surface area contributed by atoms with Gasteiger partial charge in [0.2, 0.25) is 0 Å². The second kappa shape index (κ2) is 6.61. The lowest BCUT2D eigenvalue weighted by Crippen LogP contribution is -2.30. The van der Waals surface area contributed by atoms with E-state index >= 15 is 0 Å². The van der Waals surface area contributed by atoms with E-state index in [4.69, 9.17) is 9.84 Å². The Hall–Kier alpha value is -2.08. The predicted molar refractivity (Wildman–Crippen MR) is 63.1 cm³/mol. The average molecular weight is 253 g/mol.